The number of benzene rings is 1. The van der Waals surface area contributed by atoms with Crippen LogP contribution < -0.4 is 10.6 Å². The van der Waals surface area contributed by atoms with E-state index in [0.717, 1.165) is 48.6 Å². The lowest BCUT2D eigenvalue weighted by molar-refractivity contribution is 0.177. The fourth-order valence-corrected chi connectivity index (χ4v) is 4.22. The van der Waals surface area contributed by atoms with Gasteiger partial charge in [0.05, 0.1) is 13.1 Å². The summed E-state index contributed by atoms with van der Waals surface area (Å²) in [4.78, 5) is 9.38. The molecule has 3 rings (SSSR count). The molecule has 2 unspecified atom stereocenters. The third-order valence-electron chi connectivity index (χ3n) is 4.78. The van der Waals surface area contributed by atoms with Gasteiger partial charge in [0.25, 0.3) is 0 Å². The van der Waals surface area contributed by atoms with E-state index in [1.165, 1.54) is 5.56 Å². The number of ether oxygens (including phenoxy) is 1. The van der Waals surface area contributed by atoms with Gasteiger partial charge in [0.15, 0.2) is 11.8 Å². The van der Waals surface area contributed by atoms with Crippen molar-refractivity contribution in [2.45, 2.75) is 44.2 Å². The molecular weight excluding hydrogens is 408 g/mol. The molecule has 2 N–H and O–H groups in total. The second kappa shape index (κ2) is 10.8. The maximum atomic E-state index is 6.16. The minimum atomic E-state index is 0.258. The number of hydrogen-bond acceptors (Lipinski definition) is 5. The molecule has 0 spiro atoms. The van der Waals surface area contributed by atoms with Crippen LogP contribution in [0.5, 0.6) is 0 Å². The first kappa shape index (κ1) is 21.9. The van der Waals surface area contributed by atoms with E-state index >= 15 is 0 Å². The number of aryl methyl sites for hydroxylation is 1. The van der Waals surface area contributed by atoms with Gasteiger partial charge in [-0.15, -0.1) is 0 Å². The van der Waals surface area contributed by atoms with Crippen LogP contribution in [0, 0.1) is 0 Å². The van der Waals surface area contributed by atoms with Gasteiger partial charge in [-0.25, -0.2) is 9.67 Å². The van der Waals surface area contributed by atoms with Gasteiger partial charge in [-0.05, 0) is 37.3 Å². The van der Waals surface area contributed by atoms with Crippen molar-refractivity contribution in [1.82, 2.24) is 25.4 Å². The number of aromatic nitrogens is 3. The van der Waals surface area contributed by atoms with Gasteiger partial charge in [-0.3, -0.25) is 4.99 Å². The molecule has 1 aromatic carbocycles. The maximum absolute atomic E-state index is 6.16. The van der Waals surface area contributed by atoms with E-state index in [1.54, 1.807) is 18.9 Å². The van der Waals surface area contributed by atoms with Gasteiger partial charge >= 0.3 is 0 Å². The molecule has 1 aromatic heterocycles. The highest BCUT2D eigenvalue weighted by atomic mass is 35.5. The minimum Gasteiger partial charge on any atom is -0.377 e. The highest BCUT2D eigenvalue weighted by molar-refractivity contribution is 7.98. The van der Waals surface area contributed by atoms with E-state index < -0.39 is 0 Å². The topological polar surface area (TPSA) is 76.4 Å². The van der Waals surface area contributed by atoms with E-state index in [2.05, 4.69) is 40.0 Å². The number of thioether (sulfide) groups is 1. The lowest BCUT2D eigenvalue weighted by atomic mass is 10.1. The van der Waals surface area contributed by atoms with E-state index in [4.69, 9.17) is 21.3 Å². The second-order valence-corrected chi connectivity index (χ2v) is 8.42. The van der Waals surface area contributed by atoms with Crippen LogP contribution in [-0.4, -0.2) is 53.2 Å². The molecule has 158 valence electrons. The lowest BCUT2D eigenvalue weighted by Gasteiger charge is -2.25. The molecule has 1 aliphatic heterocycles. The first-order chi connectivity index (χ1) is 14.1. The fraction of sp³-hybridized carbons (Fsp3) is 0.550. The van der Waals surface area contributed by atoms with Crippen molar-refractivity contribution in [3.63, 3.8) is 0 Å². The predicted octanol–water partition coefficient (Wildman–Crippen LogP) is 3.05. The van der Waals surface area contributed by atoms with Crippen LogP contribution in [0.4, 0.5) is 0 Å². The third-order valence-corrected chi connectivity index (χ3v) is 6.01. The van der Waals surface area contributed by atoms with Crippen LogP contribution in [0.25, 0.3) is 0 Å². The summed E-state index contributed by atoms with van der Waals surface area (Å²) < 4.78 is 7.13. The Kier molecular flexibility index (Phi) is 8.20. The lowest BCUT2D eigenvalue weighted by Crippen LogP contribution is -2.47. The second-order valence-electron chi connectivity index (χ2n) is 6.94. The molecule has 0 bridgehead atoms. The summed E-state index contributed by atoms with van der Waals surface area (Å²) in [5.41, 5.74) is 1.19. The quantitative estimate of drug-likeness (QED) is 0.489. The van der Waals surface area contributed by atoms with E-state index in [0.29, 0.717) is 13.2 Å². The Morgan fingerprint density at radius 2 is 2.34 bits per heavy atom. The maximum Gasteiger partial charge on any atom is 0.191 e. The van der Waals surface area contributed by atoms with Crippen molar-refractivity contribution in [1.29, 1.82) is 0 Å². The van der Waals surface area contributed by atoms with Gasteiger partial charge in [0.2, 0.25) is 0 Å². The number of aliphatic imine (C=N–C) groups is 1. The van der Waals surface area contributed by atoms with Gasteiger partial charge in [-0.1, -0.05) is 23.7 Å². The van der Waals surface area contributed by atoms with Gasteiger partial charge < -0.3 is 15.4 Å². The Labute approximate surface area is 181 Å². The molecule has 0 radical (unpaired) electrons. The van der Waals surface area contributed by atoms with Crippen LogP contribution in [-0.2, 0) is 24.3 Å². The number of rotatable bonds is 8. The highest BCUT2D eigenvalue weighted by Gasteiger charge is 2.22. The van der Waals surface area contributed by atoms with Crippen LogP contribution in [0.3, 0.4) is 0 Å². The molecule has 0 fully saturated rings. The average molecular weight is 437 g/mol. The molecule has 29 heavy (non-hydrogen) atoms. The smallest absolute Gasteiger partial charge is 0.191 e. The van der Waals surface area contributed by atoms with Crippen molar-refractivity contribution in [3.8, 4) is 0 Å². The van der Waals surface area contributed by atoms with Crippen molar-refractivity contribution < 1.29 is 4.74 Å². The Hall–Kier alpha value is -1.77. The minimum absolute atomic E-state index is 0.258. The average Bonchev–Trinajstić information content (AvgIpc) is 3.10. The van der Waals surface area contributed by atoms with Crippen molar-refractivity contribution >= 4 is 29.3 Å². The van der Waals surface area contributed by atoms with Crippen LogP contribution in [0.15, 0.2) is 29.3 Å². The van der Waals surface area contributed by atoms with Crippen molar-refractivity contribution in [2.75, 3.05) is 26.5 Å². The fourth-order valence-electron chi connectivity index (χ4n) is 3.38. The van der Waals surface area contributed by atoms with Gasteiger partial charge in [0.1, 0.15) is 12.4 Å². The summed E-state index contributed by atoms with van der Waals surface area (Å²) in [6.45, 7) is 4.79. The first-order valence-electron chi connectivity index (χ1n) is 9.87. The molecule has 0 amide bonds. The number of methoxy groups -OCH3 is 1. The number of hydrogen-bond donors (Lipinski definition) is 2. The number of fused-ring (bicyclic) bond motifs is 1. The SMILES string of the molecule is CCNC(=NCC(SC)c1cccc(Cl)c1)NC1CCc2nc(COC)nn2C1. The predicted molar refractivity (Wildman–Crippen MR) is 120 cm³/mol. The van der Waals surface area contributed by atoms with Gasteiger partial charge in [0, 0.05) is 36.4 Å². The summed E-state index contributed by atoms with van der Waals surface area (Å²) >= 11 is 7.94. The molecule has 9 heteroatoms. The van der Waals surface area contributed by atoms with Gasteiger partial charge in [-0.2, -0.15) is 16.9 Å². The van der Waals surface area contributed by atoms with Crippen molar-refractivity contribution in [3.05, 3.63) is 46.5 Å². The molecule has 7 nitrogen and oxygen atoms in total. The van der Waals surface area contributed by atoms with E-state index in [1.807, 2.05) is 22.9 Å². The summed E-state index contributed by atoms with van der Waals surface area (Å²) in [6.07, 6.45) is 3.99. The Morgan fingerprint density at radius 1 is 1.48 bits per heavy atom. The molecule has 1 aliphatic rings. The molecule has 0 aliphatic carbocycles. The molecule has 2 heterocycles. The van der Waals surface area contributed by atoms with Crippen LogP contribution in [0.1, 0.15) is 35.8 Å². The highest BCUT2D eigenvalue weighted by Crippen LogP contribution is 2.28. The molecule has 2 atom stereocenters. The largest absolute Gasteiger partial charge is 0.377 e. The summed E-state index contributed by atoms with van der Waals surface area (Å²) in [6, 6.07) is 8.27. The Bertz CT molecular complexity index is 827. The number of nitrogens with one attached hydrogen (secondary N) is 2. The summed E-state index contributed by atoms with van der Waals surface area (Å²) in [7, 11) is 1.66. The normalized spacial score (nSPS) is 17.7. The number of nitrogens with zero attached hydrogens (tertiary/aromatic N) is 4. The molecule has 0 saturated heterocycles. The molecule has 0 saturated carbocycles. The summed E-state index contributed by atoms with van der Waals surface area (Å²) in [5, 5.41) is 12.5. The number of guanidine groups is 1. The summed E-state index contributed by atoms with van der Waals surface area (Å²) in [5.74, 6) is 2.60. The van der Waals surface area contributed by atoms with Crippen molar-refractivity contribution in [2.24, 2.45) is 4.99 Å². The Morgan fingerprint density at radius 3 is 3.07 bits per heavy atom. The number of halogens is 1. The zero-order valence-electron chi connectivity index (χ0n) is 17.2. The van der Waals surface area contributed by atoms with E-state index in [-0.39, 0.29) is 11.3 Å². The molecular formula is C20H29ClN6OS. The zero-order valence-corrected chi connectivity index (χ0v) is 18.8. The standard InChI is InChI=1S/C20H29ClN6OS/c1-4-22-20(23-11-17(29-3)14-6-5-7-15(21)10-14)24-16-8-9-19-25-18(13-28-2)26-27(19)12-16/h5-7,10,16-17H,4,8-9,11-13H2,1-3H3,(H2,22,23,24). The zero-order chi connectivity index (χ0) is 20.6. The molecule has 2 aromatic rings. The third kappa shape index (κ3) is 6.10. The van der Waals surface area contributed by atoms with E-state index in [9.17, 15) is 0 Å². The first-order valence-corrected chi connectivity index (χ1v) is 11.5. The van der Waals surface area contributed by atoms with Crippen LogP contribution >= 0.6 is 23.4 Å². The monoisotopic (exact) mass is 436 g/mol. The Balaban J connectivity index is 1.64. The van der Waals surface area contributed by atoms with Crippen LogP contribution in [0.2, 0.25) is 5.02 Å².